The van der Waals surface area contributed by atoms with Gasteiger partial charge in [-0.25, -0.2) is 0 Å². The summed E-state index contributed by atoms with van der Waals surface area (Å²) in [5.41, 5.74) is 0.388. The van der Waals surface area contributed by atoms with Crippen LogP contribution in [0.15, 0.2) is 18.2 Å². The number of rotatable bonds is 2. The number of aliphatic hydroxyl groups excluding tert-OH is 1. The standard InChI is InChI=1S/C9H8Cl2O2/c1-5(12)9(13)7-3-2-6(10)4-8(7)11/h2-4,9,13H,1H3. The Morgan fingerprint density at radius 2 is 2.08 bits per heavy atom. The number of hydrogen-bond donors (Lipinski definition) is 1. The highest BCUT2D eigenvalue weighted by molar-refractivity contribution is 6.35. The normalized spacial score (nSPS) is 12.6. The molecule has 1 N–H and O–H groups in total. The Bertz CT molecular complexity index is 336. The molecule has 0 aliphatic rings. The molecule has 1 unspecified atom stereocenters. The van der Waals surface area contributed by atoms with Crippen molar-refractivity contribution in [2.75, 3.05) is 0 Å². The maximum Gasteiger partial charge on any atom is 0.162 e. The molecule has 0 heterocycles. The predicted octanol–water partition coefficient (Wildman–Crippen LogP) is 2.62. The van der Waals surface area contributed by atoms with Gasteiger partial charge in [-0.05, 0) is 19.1 Å². The average Bonchev–Trinajstić information content (AvgIpc) is 2.03. The number of carbonyl (C=O) groups excluding carboxylic acids is 1. The molecule has 4 heteroatoms. The van der Waals surface area contributed by atoms with Crippen LogP contribution in [0.5, 0.6) is 0 Å². The molecular formula is C9H8Cl2O2. The van der Waals surface area contributed by atoms with Crippen LogP contribution in [0.3, 0.4) is 0 Å². The highest BCUT2D eigenvalue weighted by atomic mass is 35.5. The highest BCUT2D eigenvalue weighted by Crippen LogP contribution is 2.26. The molecule has 1 rings (SSSR count). The Balaban J connectivity index is 3.08. The second-order valence-corrected chi connectivity index (χ2v) is 3.52. The minimum Gasteiger partial charge on any atom is -0.381 e. The number of Topliss-reactive ketones (excluding diaryl/α,β-unsaturated/α-hetero) is 1. The highest BCUT2D eigenvalue weighted by Gasteiger charge is 2.15. The Hall–Kier alpha value is -0.570. The van der Waals surface area contributed by atoms with E-state index >= 15 is 0 Å². The van der Waals surface area contributed by atoms with E-state index in [1.54, 1.807) is 6.07 Å². The average molecular weight is 219 g/mol. The molecule has 0 saturated carbocycles. The van der Waals surface area contributed by atoms with Crippen molar-refractivity contribution in [1.82, 2.24) is 0 Å². The van der Waals surface area contributed by atoms with E-state index in [4.69, 9.17) is 23.2 Å². The number of carbonyl (C=O) groups is 1. The third-order valence-corrected chi connectivity index (χ3v) is 2.20. The van der Waals surface area contributed by atoms with Gasteiger partial charge in [0.2, 0.25) is 0 Å². The number of ketones is 1. The van der Waals surface area contributed by atoms with Gasteiger partial charge in [-0.1, -0.05) is 29.3 Å². The van der Waals surface area contributed by atoms with Crippen molar-refractivity contribution in [2.24, 2.45) is 0 Å². The van der Waals surface area contributed by atoms with Crippen molar-refractivity contribution in [3.05, 3.63) is 33.8 Å². The summed E-state index contributed by atoms with van der Waals surface area (Å²) in [6.07, 6.45) is -1.16. The number of aliphatic hydroxyl groups is 1. The van der Waals surface area contributed by atoms with Gasteiger partial charge >= 0.3 is 0 Å². The van der Waals surface area contributed by atoms with Crippen molar-refractivity contribution in [3.63, 3.8) is 0 Å². The van der Waals surface area contributed by atoms with Gasteiger partial charge in [-0.2, -0.15) is 0 Å². The first-order chi connectivity index (χ1) is 6.02. The molecule has 70 valence electrons. The molecule has 1 aromatic carbocycles. The minimum atomic E-state index is -1.16. The smallest absolute Gasteiger partial charge is 0.162 e. The van der Waals surface area contributed by atoms with Gasteiger partial charge in [-0.15, -0.1) is 0 Å². The van der Waals surface area contributed by atoms with E-state index in [2.05, 4.69) is 0 Å². The Morgan fingerprint density at radius 3 is 2.54 bits per heavy atom. The zero-order valence-corrected chi connectivity index (χ0v) is 8.43. The van der Waals surface area contributed by atoms with Crippen LogP contribution in [-0.4, -0.2) is 10.9 Å². The molecule has 0 aromatic heterocycles. The fourth-order valence-electron chi connectivity index (χ4n) is 0.942. The molecule has 1 atom stereocenters. The van der Waals surface area contributed by atoms with Gasteiger partial charge in [0.1, 0.15) is 6.10 Å². The lowest BCUT2D eigenvalue weighted by molar-refractivity contribution is -0.125. The summed E-state index contributed by atoms with van der Waals surface area (Å²) in [7, 11) is 0. The second-order valence-electron chi connectivity index (χ2n) is 2.68. The van der Waals surface area contributed by atoms with E-state index in [1.807, 2.05) is 0 Å². The molecule has 0 saturated heterocycles. The van der Waals surface area contributed by atoms with Gasteiger partial charge in [-0.3, -0.25) is 4.79 Å². The van der Waals surface area contributed by atoms with Gasteiger partial charge in [0.05, 0.1) is 0 Å². The summed E-state index contributed by atoms with van der Waals surface area (Å²) < 4.78 is 0. The Kier molecular flexibility index (Phi) is 3.31. The molecule has 0 aliphatic carbocycles. The Morgan fingerprint density at radius 1 is 1.46 bits per heavy atom. The van der Waals surface area contributed by atoms with Crippen LogP contribution >= 0.6 is 23.2 Å². The molecule has 0 aliphatic heterocycles. The van der Waals surface area contributed by atoms with Crippen LogP contribution in [-0.2, 0) is 4.79 Å². The van der Waals surface area contributed by atoms with E-state index in [9.17, 15) is 9.90 Å². The van der Waals surface area contributed by atoms with E-state index in [1.165, 1.54) is 19.1 Å². The first-order valence-corrected chi connectivity index (χ1v) is 4.41. The third-order valence-electron chi connectivity index (χ3n) is 1.64. The van der Waals surface area contributed by atoms with E-state index in [-0.39, 0.29) is 5.78 Å². The monoisotopic (exact) mass is 218 g/mol. The molecule has 13 heavy (non-hydrogen) atoms. The van der Waals surface area contributed by atoms with Crippen LogP contribution in [0.1, 0.15) is 18.6 Å². The Labute approximate surface area is 86.1 Å². The van der Waals surface area contributed by atoms with Crippen LogP contribution in [0, 0.1) is 0 Å². The number of benzene rings is 1. The summed E-state index contributed by atoms with van der Waals surface area (Å²) in [5.74, 6) is -0.343. The molecular weight excluding hydrogens is 211 g/mol. The molecule has 0 bridgehead atoms. The zero-order valence-electron chi connectivity index (χ0n) is 6.92. The lowest BCUT2D eigenvalue weighted by atomic mass is 10.1. The van der Waals surface area contributed by atoms with Gasteiger partial charge in [0.25, 0.3) is 0 Å². The molecule has 0 amide bonds. The largest absolute Gasteiger partial charge is 0.381 e. The van der Waals surface area contributed by atoms with Crippen LogP contribution < -0.4 is 0 Å². The van der Waals surface area contributed by atoms with Crippen LogP contribution in [0.25, 0.3) is 0 Å². The first kappa shape index (κ1) is 10.5. The van der Waals surface area contributed by atoms with Crippen molar-refractivity contribution < 1.29 is 9.90 Å². The third kappa shape index (κ3) is 2.44. The summed E-state index contributed by atoms with van der Waals surface area (Å²) in [5, 5.41) is 10.2. The molecule has 0 spiro atoms. The van der Waals surface area contributed by atoms with Crippen molar-refractivity contribution >= 4 is 29.0 Å². The summed E-state index contributed by atoms with van der Waals surface area (Å²) >= 11 is 11.4. The molecule has 2 nitrogen and oxygen atoms in total. The van der Waals surface area contributed by atoms with Crippen LogP contribution in [0.2, 0.25) is 10.0 Å². The van der Waals surface area contributed by atoms with Crippen molar-refractivity contribution in [2.45, 2.75) is 13.0 Å². The second kappa shape index (κ2) is 4.09. The molecule has 0 fully saturated rings. The van der Waals surface area contributed by atoms with E-state index < -0.39 is 6.10 Å². The maximum atomic E-state index is 10.8. The van der Waals surface area contributed by atoms with Crippen molar-refractivity contribution in [1.29, 1.82) is 0 Å². The molecule has 1 aromatic rings. The zero-order chi connectivity index (χ0) is 10.0. The number of hydrogen-bond acceptors (Lipinski definition) is 2. The lowest BCUT2D eigenvalue weighted by Gasteiger charge is -2.08. The lowest BCUT2D eigenvalue weighted by Crippen LogP contribution is -2.07. The topological polar surface area (TPSA) is 37.3 Å². The van der Waals surface area contributed by atoms with E-state index in [0.29, 0.717) is 15.6 Å². The van der Waals surface area contributed by atoms with Crippen LogP contribution in [0.4, 0.5) is 0 Å². The summed E-state index contributed by atoms with van der Waals surface area (Å²) in [4.78, 5) is 10.8. The molecule has 0 radical (unpaired) electrons. The summed E-state index contributed by atoms with van der Waals surface area (Å²) in [6, 6.07) is 4.61. The minimum absolute atomic E-state index is 0.301. The maximum absolute atomic E-state index is 10.8. The van der Waals surface area contributed by atoms with E-state index in [0.717, 1.165) is 0 Å². The summed E-state index contributed by atoms with van der Waals surface area (Å²) in [6.45, 7) is 1.30. The van der Waals surface area contributed by atoms with Crippen molar-refractivity contribution in [3.8, 4) is 0 Å². The predicted molar refractivity (Wildman–Crippen MR) is 52.1 cm³/mol. The van der Waals surface area contributed by atoms with Gasteiger partial charge in [0.15, 0.2) is 5.78 Å². The van der Waals surface area contributed by atoms with Gasteiger partial charge in [0, 0.05) is 15.6 Å². The fraction of sp³-hybridized carbons (Fsp3) is 0.222. The SMILES string of the molecule is CC(=O)C(O)c1ccc(Cl)cc1Cl. The fourth-order valence-corrected chi connectivity index (χ4v) is 1.45. The first-order valence-electron chi connectivity index (χ1n) is 3.66. The quantitative estimate of drug-likeness (QED) is 0.829. The van der Waals surface area contributed by atoms with Gasteiger partial charge < -0.3 is 5.11 Å². The number of halogens is 2.